The molecule has 5 heteroatoms. The van der Waals surface area contributed by atoms with Gasteiger partial charge in [-0.2, -0.15) is 0 Å². The van der Waals surface area contributed by atoms with E-state index in [9.17, 15) is 4.79 Å². The highest BCUT2D eigenvalue weighted by Crippen LogP contribution is 2.29. The van der Waals surface area contributed by atoms with Crippen molar-refractivity contribution in [2.45, 2.75) is 45.6 Å². The number of benzene rings is 2. The Hall–Kier alpha value is -3.08. The Bertz CT molecular complexity index is 966. The van der Waals surface area contributed by atoms with Crippen molar-refractivity contribution >= 4 is 11.6 Å². The monoisotopic (exact) mass is 389 g/mol. The summed E-state index contributed by atoms with van der Waals surface area (Å²) in [6.45, 7) is 5.28. The minimum absolute atomic E-state index is 0.0327. The molecular weight excluding hydrogens is 362 g/mol. The molecule has 150 valence electrons. The summed E-state index contributed by atoms with van der Waals surface area (Å²) in [5.41, 5.74) is 3.84. The van der Waals surface area contributed by atoms with Crippen LogP contribution < -0.4 is 10.1 Å². The van der Waals surface area contributed by atoms with Gasteiger partial charge in [-0.25, -0.2) is 4.98 Å². The number of para-hydroxylation sites is 1. The molecule has 3 aromatic rings. The summed E-state index contributed by atoms with van der Waals surface area (Å²) in [5.74, 6) is 2.10. The van der Waals surface area contributed by atoms with E-state index in [1.54, 1.807) is 0 Å². The minimum Gasteiger partial charge on any atom is -0.484 e. The van der Waals surface area contributed by atoms with Gasteiger partial charge in [0.2, 0.25) is 0 Å². The second-order valence-corrected chi connectivity index (χ2v) is 7.80. The Morgan fingerprint density at radius 3 is 2.69 bits per heavy atom. The molecule has 2 aromatic carbocycles. The summed E-state index contributed by atoms with van der Waals surface area (Å²) < 4.78 is 7.88. The van der Waals surface area contributed by atoms with Crippen molar-refractivity contribution in [1.82, 2.24) is 9.55 Å². The van der Waals surface area contributed by atoms with Crippen molar-refractivity contribution in [2.75, 3.05) is 11.9 Å². The van der Waals surface area contributed by atoms with Gasteiger partial charge in [-0.3, -0.25) is 4.79 Å². The summed E-state index contributed by atoms with van der Waals surface area (Å²) in [6.07, 6.45) is 5.48. The summed E-state index contributed by atoms with van der Waals surface area (Å²) in [4.78, 5) is 17.3. The largest absolute Gasteiger partial charge is 0.484 e. The third-order valence-corrected chi connectivity index (χ3v) is 5.30. The first-order valence-electron chi connectivity index (χ1n) is 10.3. The maximum atomic E-state index is 12.5. The average Bonchev–Trinajstić information content (AvgIpc) is 3.17. The molecular formula is C24H27N3O2. The Labute approximate surface area is 171 Å². The minimum atomic E-state index is -0.186. The number of carbonyl (C=O) groups is 1. The van der Waals surface area contributed by atoms with E-state index in [-0.39, 0.29) is 12.5 Å². The Morgan fingerprint density at radius 1 is 1.14 bits per heavy atom. The van der Waals surface area contributed by atoms with Crippen LogP contribution in [0.4, 0.5) is 5.69 Å². The summed E-state index contributed by atoms with van der Waals surface area (Å²) >= 11 is 0. The lowest BCUT2D eigenvalue weighted by molar-refractivity contribution is -0.118. The quantitative estimate of drug-likeness (QED) is 0.643. The maximum Gasteiger partial charge on any atom is 0.262 e. The molecule has 1 aliphatic rings. The number of rotatable bonds is 6. The van der Waals surface area contributed by atoms with Crippen LogP contribution in [0.2, 0.25) is 0 Å². The zero-order valence-corrected chi connectivity index (χ0v) is 17.0. The number of ether oxygens (including phenoxy) is 1. The number of nitrogens with zero attached hydrogens (tertiary/aromatic N) is 2. The first kappa shape index (κ1) is 19.2. The predicted octanol–water partition coefficient (Wildman–Crippen LogP) is 5.03. The van der Waals surface area contributed by atoms with E-state index in [0.29, 0.717) is 11.7 Å². The third-order valence-electron chi connectivity index (χ3n) is 5.30. The van der Waals surface area contributed by atoms with Crippen molar-refractivity contribution in [1.29, 1.82) is 0 Å². The smallest absolute Gasteiger partial charge is 0.262 e. The van der Waals surface area contributed by atoms with Gasteiger partial charge in [0.1, 0.15) is 11.6 Å². The van der Waals surface area contributed by atoms with Gasteiger partial charge in [0.15, 0.2) is 6.61 Å². The number of imidazole rings is 1. The zero-order valence-electron chi connectivity index (χ0n) is 17.0. The van der Waals surface area contributed by atoms with E-state index in [1.807, 2.05) is 48.5 Å². The molecule has 1 amide bonds. The highest BCUT2D eigenvalue weighted by molar-refractivity contribution is 5.95. The molecule has 29 heavy (non-hydrogen) atoms. The van der Waals surface area contributed by atoms with E-state index in [4.69, 9.17) is 9.72 Å². The average molecular weight is 389 g/mol. The van der Waals surface area contributed by atoms with Crippen LogP contribution in [0.15, 0.2) is 54.7 Å². The molecule has 0 unspecified atom stereocenters. The summed E-state index contributed by atoms with van der Waals surface area (Å²) in [5, 5.41) is 2.98. The Balaban J connectivity index is 1.43. The molecule has 1 N–H and O–H groups in total. The topological polar surface area (TPSA) is 56.1 Å². The molecule has 4 rings (SSSR count). The van der Waals surface area contributed by atoms with Crippen LogP contribution in [0, 0.1) is 0 Å². The van der Waals surface area contributed by atoms with Crippen LogP contribution in [-0.2, 0) is 17.8 Å². The number of hydrogen-bond donors (Lipinski definition) is 1. The van der Waals surface area contributed by atoms with Gasteiger partial charge in [0.05, 0.1) is 11.4 Å². The van der Waals surface area contributed by atoms with Gasteiger partial charge in [-0.15, -0.1) is 0 Å². The van der Waals surface area contributed by atoms with Crippen LogP contribution in [0.3, 0.4) is 0 Å². The normalized spacial score (nSPS) is 13.2. The second kappa shape index (κ2) is 8.52. The van der Waals surface area contributed by atoms with Crippen LogP contribution in [0.1, 0.15) is 44.0 Å². The standard InChI is InChI=1S/C24H27N3O2/c1-17(2)18-10-12-19(13-11-18)29-16-24(28)26-21-8-4-3-7-20(21)22-15-27-14-6-5-9-23(27)25-22/h3-4,7-8,10-13,15,17H,5-6,9,14,16H2,1-2H3,(H,26,28). The molecule has 0 atom stereocenters. The van der Waals surface area contributed by atoms with Gasteiger partial charge in [0.25, 0.3) is 5.91 Å². The molecule has 0 fully saturated rings. The molecule has 0 radical (unpaired) electrons. The number of amides is 1. The van der Waals surface area contributed by atoms with Crippen molar-refractivity contribution in [3.05, 3.63) is 66.1 Å². The SMILES string of the molecule is CC(C)c1ccc(OCC(=O)Nc2ccccc2-c2cn3c(n2)CCCC3)cc1. The van der Waals surface area contributed by atoms with Crippen molar-refractivity contribution in [3.8, 4) is 17.0 Å². The van der Waals surface area contributed by atoms with Gasteiger partial charge in [-0.05, 0) is 42.5 Å². The van der Waals surface area contributed by atoms with Crippen molar-refractivity contribution < 1.29 is 9.53 Å². The highest BCUT2D eigenvalue weighted by atomic mass is 16.5. The van der Waals surface area contributed by atoms with Crippen LogP contribution in [-0.4, -0.2) is 22.1 Å². The van der Waals surface area contributed by atoms with Crippen LogP contribution >= 0.6 is 0 Å². The van der Waals surface area contributed by atoms with E-state index in [1.165, 1.54) is 18.4 Å². The second-order valence-electron chi connectivity index (χ2n) is 7.80. The molecule has 0 aliphatic carbocycles. The third kappa shape index (κ3) is 4.50. The van der Waals surface area contributed by atoms with E-state index in [0.717, 1.165) is 35.7 Å². The van der Waals surface area contributed by atoms with E-state index in [2.05, 4.69) is 29.9 Å². The lowest BCUT2D eigenvalue weighted by Crippen LogP contribution is -2.20. The number of fused-ring (bicyclic) bond motifs is 1. The van der Waals surface area contributed by atoms with Crippen molar-refractivity contribution in [3.63, 3.8) is 0 Å². The number of nitrogens with one attached hydrogen (secondary N) is 1. The molecule has 0 spiro atoms. The number of aryl methyl sites for hydroxylation is 2. The number of carbonyl (C=O) groups excluding carboxylic acids is 1. The maximum absolute atomic E-state index is 12.5. The number of anilines is 1. The predicted molar refractivity (Wildman–Crippen MR) is 115 cm³/mol. The first-order valence-corrected chi connectivity index (χ1v) is 10.3. The van der Waals surface area contributed by atoms with Gasteiger partial charge in [-0.1, -0.05) is 44.2 Å². The molecule has 0 saturated carbocycles. The lowest BCUT2D eigenvalue weighted by atomic mass is 10.0. The van der Waals surface area contributed by atoms with Crippen LogP contribution in [0.5, 0.6) is 5.75 Å². The van der Waals surface area contributed by atoms with Gasteiger partial charge in [0, 0.05) is 24.7 Å². The Morgan fingerprint density at radius 2 is 1.93 bits per heavy atom. The van der Waals surface area contributed by atoms with E-state index >= 15 is 0 Å². The fraction of sp³-hybridized carbons (Fsp3) is 0.333. The van der Waals surface area contributed by atoms with Gasteiger partial charge >= 0.3 is 0 Å². The summed E-state index contributed by atoms with van der Waals surface area (Å²) in [6, 6.07) is 15.7. The molecule has 1 aliphatic heterocycles. The fourth-order valence-electron chi connectivity index (χ4n) is 3.64. The molecule has 2 heterocycles. The molecule has 0 bridgehead atoms. The van der Waals surface area contributed by atoms with Gasteiger partial charge < -0.3 is 14.6 Å². The van der Waals surface area contributed by atoms with E-state index < -0.39 is 0 Å². The zero-order chi connectivity index (χ0) is 20.2. The van der Waals surface area contributed by atoms with Crippen molar-refractivity contribution in [2.24, 2.45) is 0 Å². The fourth-order valence-corrected chi connectivity index (χ4v) is 3.64. The van der Waals surface area contributed by atoms with Crippen LogP contribution in [0.25, 0.3) is 11.3 Å². The molecule has 1 aromatic heterocycles. The molecule has 0 saturated heterocycles. The Kier molecular flexibility index (Phi) is 5.65. The first-order chi connectivity index (χ1) is 14.1. The lowest BCUT2D eigenvalue weighted by Gasteiger charge is -2.12. The molecule has 5 nitrogen and oxygen atoms in total. The highest BCUT2D eigenvalue weighted by Gasteiger charge is 2.16. The number of hydrogen-bond acceptors (Lipinski definition) is 3. The summed E-state index contributed by atoms with van der Waals surface area (Å²) in [7, 11) is 0. The number of aromatic nitrogens is 2.